The zero-order chi connectivity index (χ0) is 25.9. The van der Waals surface area contributed by atoms with Crippen LogP contribution in [-0.4, -0.2) is 49.5 Å². The first-order chi connectivity index (χ1) is 16.2. The summed E-state index contributed by atoms with van der Waals surface area (Å²) in [5.74, 6) is 0.596. The van der Waals surface area contributed by atoms with E-state index in [1.165, 1.54) is 12.5 Å². The molecule has 35 heavy (non-hydrogen) atoms. The van der Waals surface area contributed by atoms with Gasteiger partial charge in [-0.15, -0.1) is 0 Å². The summed E-state index contributed by atoms with van der Waals surface area (Å²) >= 11 is -1.38. The average molecular weight is 514 g/mol. The van der Waals surface area contributed by atoms with Gasteiger partial charge in [0.05, 0.1) is 10.3 Å². The zero-order valence-electron chi connectivity index (χ0n) is 21.5. The van der Waals surface area contributed by atoms with Crippen molar-refractivity contribution in [3.8, 4) is 5.75 Å². The molecule has 0 spiro atoms. The maximum Gasteiger partial charge on any atom is 0.209 e. The van der Waals surface area contributed by atoms with E-state index in [9.17, 15) is 12.6 Å². The lowest BCUT2D eigenvalue weighted by Gasteiger charge is -2.23. The summed E-state index contributed by atoms with van der Waals surface area (Å²) in [5, 5.41) is 0. The molecule has 0 radical (unpaired) electrons. The van der Waals surface area contributed by atoms with Crippen molar-refractivity contribution in [2.45, 2.75) is 43.4 Å². The number of nitrogens with zero attached hydrogens (tertiary/aromatic N) is 2. The monoisotopic (exact) mass is 513 g/mol. The minimum atomic E-state index is -3.28. The number of sulfone groups is 1. The summed E-state index contributed by atoms with van der Waals surface area (Å²) in [6, 6.07) is 11.2. The molecular weight excluding hydrogens is 480 g/mol. The van der Waals surface area contributed by atoms with E-state index in [1.54, 1.807) is 12.1 Å². The molecule has 186 valence electrons. The summed E-state index contributed by atoms with van der Waals surface area (Å²) in [5.41, 5.74) is 5.84. The number of hydrogen-bond acceptors (Lipinski definition) is 5. The van der Waals surface area contributed by atoms with E-state index in [1.807, 2.05) is 38.4 Å². The highest BCUT2D eigenvalue weighted by Gasteiger charge is 2.43. The topological polar surface area (TPSA) is 66.7 Å². The van der Waals surface area contributed by atoms with Gasteiger partial charge >= 0.3 is 0 Å². The standard InChI is InChI=1S/C27H33N2O4S2/c1-26(2)20-16-18(33-34(7)30)12-14-22(20)28(5)24(26)10-9-11-25-27(3,4)21-17-19(35(8,31)32)13-15-23(21)29(25)6/h9-17H,1-8H3/q+1. The second-order valence-electron chi connectivity index (χ2n) is 10.3. The lowest BCUT2D eigenvalue weighted by molar-refractivity contribution is -0.401. The van der Waals surface area contributed by atoms with E-state index >= 15 is 0 Å². The molecule has 0 N–H and O–H groups in total. The van der Waals surface area contributed by atoms with Gasteiger partial charge in [0, 0.05) is 54.1 Å². The number of allylic oxidation sites excluding steroid dienone is 4. The molecule has 2 aromatic carbocycles. The van der Waals surface area contributed by atoms with E-state index in [4.69, 9.17) is 4.18 Å². The molecule has 0 saturated carbocycles. The van der Waals surface area contributed by atoms with Gasteiger partial charge in [-0.2, -0.15) is 4.58 Å². The lowest BCUT2D eigenvalue weighted by atomic mass is 9.81. The van der Waals surface area contributed by atoms with Crippen LogP contribution in [0.15, 0.2) is 65.2 Å². The highest BCUT2D eigenvalue weighted by atomic mass is 32.2. The quantitative estimate of drug-likeness (QED) is 0.545. The van der Waals surface area contributed by atoms with E-state index in [2.05, 4.69) is 55.4 Å². The van der Waals surface area contributed by atoms with Gasteiger partial charge in [-0.25, -0.2) is 12.6 Å². The van der Waals surface area contributed by atoms with Crippen LogP contribution >= 0.6 is 0 Å². The number of fused-ring (bicyclic) bond motifs is 2. The molecule has 0 bridgehead atoms. The third kappa shape index (κ3) is 4.27. The second-order valence-corrected chi connectivity index (χ2v) is 13.3. The Balaban J connectivity index is 1.68. The third-order valence-corrected chi connectivity index (χ3v) is 8.70. The predicted molar refractivity (Wildman–Crippen MR) is 143 cm³/mol. The number of rotatable bonds is 5. The average Bonchev–Trinajstić information content (AvgIpc) is 3.06. The van der Waals surface area contributed by atoms with Crippen LogP contribution in [0.2, 0.25) is 0 Å². The van der Waals surface area contributed by atoms with Crippen LogP contribution in [0.5, 0.6) is 5.75 Å². The molecule has 0 saturated heterocycles. The van der Waals surface area contributed by atoms with Gasteiger partial charge in [0.1, 0.15) is 12.8 Å². The van der Waals surface area contributed by atoms with Crippen LogP contribution in [0.4, 0.5) is 11.4 Å². The Morgan fingerprint density at radius 1 is 1.03 bits per heavy atom. The van der Waals surface area contributed by atoms with Gasteiger partial charge in [-0.1, -0.05) is 19.9 Å². The maximum absolute atomic E-state index is 12.1. The van der Waals surface area contributed by atoms with Crippen molar-refractivity contribution in [2.24, 2.45) is 0 Å². The minimum Gasteiger partial charge on any atom is -0.401 e. The Morgan fingerprint density at radius 3 is 2.34 bits per heavy atom. The Kier molecular flexibility index (Phi) is 6.13. The maximum atomic E-state index is 12.1. The van der Waals surface area contributed by atoms with Crippen molar-refractivity contribution in [2.75, 3.05) is 31.5 Å². The van der Waals surface area contributed by atoms with Gasteiger partial charge in [0.25, 0.3) is 0 Å². The normalized spacial score (nSPS) is 20.5. The van der Waals surface area contributed by atoms with Crippen molar-refractivity contribution < 1.29 is 21.4 Å². The molecule has 1 unspecified atom stereocenters. The van der Waals surface area contributed by atoms with E-state index in [0.29, 0.717) is 10.6 Å². The molecule has 0 aromatic heterocycles. The fourth-order valence-electron chi connectivity index (χ4n) is 5.28. The molecule has 0 fully saturated rings. The fraction of sp³-hybridized carbons (Fsp3) is 0.370. The van der Waals surface area contributed by atoms with E-state index < -0.39 is 20.9 Å². The minimum absolute atomic E-state index is 0.266. The molecule has 0 aliphatic carbocycles. The highest BCUT2D eigenvalue weighted by Crippen LogP contribution is 2.47. The van der Waals surface area contributed by atoms with Gasteiger partial charge in [0.15, 0.2) is 15.5 Å². The van der Waals surface area contributed by atoms with Gasteiger partial charge in [0.2, 0.25) is 16.8 Å². The molecule has 1 atom stereocenters. The molecule has 6 nitrogen and oxygen atoms in total. The smallest absolute Gasteiger partial charge is 0.209 e. The Hall–Kier alpha value is -2.71. The molecule has 2 aromatic rings. The van der Waals surface area contributed by atoms with Crippen molar-refractivity contribution in [3.05, 3.63) is 71.5 Å². The zero-order valence-corrected chi connectivity index (χ0v) is 23.2. The number of benzene rings is 2. The summed E-state index contributed by atoms with van der Waals surface area (Å²) in [6.07, 6.45) is 9.05. The first-order valence-electron chi connectivity index (χ1n) is 11.4. The number of hydrogen-bond donors (Lipinski definition) is 0. The second kappa shape index (κ2) is 8.45. The van der Waals surface area contributed by atoms with Crippen molar-refractivity contribution in [1.29, 1.82) is 0 Å². The predicted octanol–water partition coefficient (Wildman–Crippen LogP) is 4.64. The Bertz CT molecular complexity index is 1450. The molecular formula is C27H33N2O4S2+. The van der Waals surface area contributed by atoms with Crippen LogP contribution in [0.1, 0.15) is 38.8 Å². The fourth-order valence-corrected chi connectivity index (χ4v) is 6.30. The van der Waals surface area contributed by atoms with Crippen molar-refractivity contribution in [3.63, 3.8) is 0 Å². The summed E-state index contributed by atoms with van der Waals surface area (Å²) < 4.78 is 43.3. The van der Waals surface area contributed by atoms with Gasteiger partial charge in [-0.05, 0) is 55.8 Å². The largest absolute Gasteiger partial charge is 0.401 e. The van der Waals surface area contributed by atoms with Crippen LogP contribution in [0.3, 0.4) is 0 Å². The molecule has 2 aliphatic rings. The number of anilines is 1. The van der Waals surface area contributed by atoms with E-state index in [0.717, 1.165) is 33.9 Å². The third-order valence-electron chi connectivity index (χ3n) is 7.16. The molecule has 0 amide bonds. The molecule has 2 heterocycles. The molecule has 8 heteroatoms. The summed E-state index contributed by atoms with van der Waals surface area (Å²) in [4.78, 5) is 2.47. The van der Waals surface area contributed by atoms with Gasteiger partial charge < -0.3 is 9.08 Å². The van der Waals surface area contributed by atoms with Crippen LogP contribution in [-0.2, 0) is 31.7 Å². The van der Waals surface area contributed by atoms with E-state index in [-0.39, 0.29) is 10.8 Å². The lowest BCUT2D eigenvalue weighted by Crippen LogP contribution is -2.26. The first-order valence-corrected chi connectivity index (χ1v) is 14.8. The van der Waals surface area contributed by atoms with Gasteiger partial charge in [-0.3, -0.25) is 0 Å². The van der Waals surface area contributed by atoms with Crippen LogP contribution in [0, 0.1) is 0 Å². The SMILES string of the molecule is CN1/C(=C\C=C\C2=[N+](C)c3ccc(OS(C)=O)cc3C2(C)C)C(C)(C)c2cc(S(C)(=O)=O)ccc21. The number of likely N-dealkylation sites (N-methyl/N-ethyl adjacent to an activating group) is 1. The Morgan fingerprint density at radius 2 is 1.71 bits per heavy atom. The summed E-state index contributed by atoms with van der Waals surface area (Å²) in [6.45, 7) is 8.58. The Labute approximate surface area is 211 Å². The van der Waals surface area contributed by atoms with Crippen molar-refractivity contribution in [1.82, 2.24) is 0 Å². The first kappa shape index (κ1) is 25.4. The molecule has 2 aliphatic heterocycles. The van der Waals surface area contributed by atoms with Crippen LogP contribution in [0.25, 0.3) is 0 Å². The van der Waals surface area contributed by atoms with Crippen LogP contribution < -0.4 is 9.08 Å². The molecule has 4 rings (SSSR count). The highest BCUT2D eigenvalue weighted by molar-refractivity contribution is 7.90. The summed E-state index contributed by atoms with van der Waals surface area (Å²) in [7, 11) is 0.784. The van der Waals surface area contributed by atoms with Crippen molar-refractivity contribution >= 4 is 38.0 Å².